The summed E-state index contributed by atoms with van der Waals surface area (Å²) in [5, 5.41) is 15.3. The van der Waals surface area contributed by atoms with E-state index in [1.54, 1.807) is 18.2 Å². The molecule has 0 saturated heterocycles. The first kappa shape index (κ1) is 16.4. The maximum absolute atomic E-state index is 11.9. The molecule has 0 fully saturated rings. The lowest BCUT2D eigenvalue weighted by atomic mass is 10.1. The maximum atomic E-state index is 11.9. The molecule has 6 heteroatoms. The van der Waals surface area contributed by atoms with Gasteiger partial charge in [-0.05, 0) is 32.9 Å². The van der Waals surface area contributed by atoms with Crippen LogP contribution in [0.3, 0.4) is 0 Å². The number of hydrogen-bond donors (Lipinski definition) is 2. The molecule has 0 aliphatic rings. The van der Waals surface area contributed by atoms with Crippen molar-refractivity contribution in [1.82, 2.24) is 5.32 Å². The van der Waals surface area contributed by atoms with Gasteiger partial charge in [-0.15, -0.1) is 0 Å². The highest BCUT2D eigenvalue weighted by molar-refractivity contribution is 6.43. The highest BCUT2D eigenvalue weighted by Crippen LogP contribution is 2.29. The van der Waals surface area contributed by atoms with Gasteiger partial charge in [0.25, 0.3) is 5.91 Å². The average Bonchev–Trinajstić information content (AvgIpc) is 2.32. The highest BCUT2D eigenvalue weighted by atomic mass is 35.5. The first-order chi connectivity index (χ1) is 9.24. The number of nitriles is 1. The Morgan fingerprint density at radius 2 is 2.00 bits per heavy atom. The Hall–Kier alpha value is -1.70. The van der Waals surface area contributed by atoms with Crippen LogP contribution in [-0.2, 0) is 4.79 Å². The van der Waals surface area contributed by atoms with E-state index in [1.807, 2.05) is 26.8 Å². The Morgan fingerprint density at radius 1 is 1.35 bits per heavy atom. The number of nitrogens with one attached hydrogen (secondary N) is 2. The molecule has 0 heterocycles. The van der Waals surface area contributed by atoms with Gasteiger partial charge in [0.15, 0.2) is 0 Å². The number of carbonyl (C=O) groups excluding carboxylic acids is 1. The minimum absolute atomic E-state index is 0.0454. The number of halogens is 2. The third-order valence-corrected chi connectivity index (χ3v) is 3.00. The van der Waals surface area contributed by atoms with Gasteiger partial charge in [-0.1, -0.05) is 29.3 Å². The number of nitrogens with zero attached hydrogens (tertiary/aromatic N) is 1. The highest BCUT2D eigenvalue weighted by Gasteiger charge is 2.17. The molecule has 0 saturated carbocycles. The minimum atomic E-state index is -0.453. The van der Waals surface area contributed by atoms with Crippen molar-refractivity contribution in [2.75, 3.05) is 5.32 Å². The lowest BCUT2D eigenvalue weighted by Gasteiger charge is -2.20. The second kappa shape index (κ2) is 6.65. The summed E-state index contributed by atoms with van der Waals surface area (Å²) in [6.45, 7) is 5.50. The molecule has 0 spiro atoms. The number of benzene rings is 1. The predicted molar refractivity (Wildman–Crippen MR) is 81.7 cm³/mol. The Bertz CT molecular complexity index is 583. The van der Waals surface area contributed by atoms with Crippen LogP contribution in [0.1, 0.15) is 20.8 Å². The van der Waals surface area contributed by atoms with Crippen LogP contribution >= 0.6 is 23.2 Å². The third-order valence-electron chi connectivity index (χ3n) is 2.18. The fraction of sp³-hybridized carbons (Fsp3) is 0.286. The van der Waals surface area contributed by atoms with Gasteiger partial charge in [0.05, 0.1) is 15.7 Å². The van der Waals surface area contributed by atoms with Crippen LogP contribution in [0.25, 0.3) is 0 Å². The molecule has 1 amide bonds. The predicted octanol–water partition coefficient (Wildman–Crippen LogP) is 3.73. The van der Waals surface area contributed by atoms with Crippen LogP contribution in [0.2, 0.25) is 10.0 Å². The van der Waals surface area contributed by atoms with Gasteiger partial charge in [-0.2, -0.15) is 5.26 Å². The second-order valence-electron chi connectivity index (χ2n) is 5.12. The fourth-order valence-corrected chi connectivity index (χ4v) is 1.68. The van der Waals surface area contributed by atoms with Crippen LogP contribution in [-0.4, -0.2) is 11.4 Å². The summed E-state index contributed by atoms with van der Waals surface area (Å²) in [7, 11) is 0. The van der Waals surface area contributed by atoms with Crippen molar-refractivity contribution >= 4 is 34.8 Å². The SMILES string of the molecule is CC(C)(C)NC(=O)/C(C#N)=C\Nc1cccc(Cl)c1Cl. The fourth-order valence-electron chi connectivity index (χ4n) is 1.32. The van der Waals surface area contributed by atoms with Crippen molar-refractivity contribution in [3.63, 3.8) is 0 Å². The molecule has 4 nitrogen and oxygen atoms in total. The number of anilines is 1. The normalized spacial score (nSPS) is 11.7. The average molecular weight is 312 g/mol. The number of hydrogen-bond acceptors (Lipinski definition) is 3. The molecule has 1 aromatic carbocycles. The smallest absolute Gasteiger partial charge is 0.263 e. The zero-order valence-electron chi connectivity index (χ0n) is 11.4. The van der Waals surface area contributed by atoms with Crippen LogP contribution in [0.15, 0.2) is 30.0 Å². The van der Waals surface area contributed by atoms with E-state index in [4.69, 9.17) is 28.5 Å². The summed E-state index contributed by atoms with van der Waals surface area (Å²) in [6.07, 6.45) is 1.30. The molecule has 0 unspecified atom stereocenters. The minimum Gasteiger partial charge on any atom is -0.359 e. The van der Waals surface area contributed by atoms with Gasteiger partial charge in [-0.3, -0.25) is 4.79 Å². The molecule has 1 rings (SSSR count). The topological polar surface area (TPSA) is 64.9 Å². The molecule has 1 aromatic rings. The number of carbonyl (C=O) groups is 1. The van der Waals surface area contributed by atoms with Crippen LogP contribution in [0, 0.1) is 11.3 Å². The summed E-state index contributed by atoms with van der Waals surface area (Å²) in [4.78, 5) is 11.9. The molecule has 0 aromatic heterocycles. The van der Waals surface area contributed by atoms with Gasteiger partial charge in [-0.25, -0.2) is 0 Å². The largest absolute Gasteiger partial charge is 0.359 e. The van der Waals surface area contributed by atoms with E-state index in [2.05, 4.69) is 10.6 Å². The number of amides is 1. The third kappa shape index (κ3) is 4.76. The van der Waals surface area contributed by atoms with E-state index < -0.39 is 11.4 Å². The molecule has 0 aliphatic heterocycles. The van der Waals surface area contributed by atoms with Gasteiger partial charge >= 0.3 is 0 Å². The van der Waals surface area contributed by atoms with Crippen molar-refractivity contribution in [1.29, 1.82) is 5.26 Å². The molecular weight excluding hydrogens is 297 g/mol. The summed E-state index contributed by atoms with van der Waals surface area (Å²) in [6, 6.07) is 6.90. The Labute approximate surface area is 128 Å². The van der Waals surface area contributed by atoms with E-state index in [9.17, 15) is 4.79 Å². The van der Waals surface area contributed by atoms with Crippen LogP contribution in [0.5, 0.6) is 0 Å². The summed E-state index contributed by atoms with van der Waals surface area (Å²) in [5.74, 6) is -0.453. The first-order valence-electron chi connectivity index (χ1n) is 5.88. The second-order valence-corrected chi connectivity index (χ2v) is 5.90. The monoisotopic (exact) mass is 311 g/mol. The standard InChI is InChI=1S/C14H15Cl2N3O/c1-14(2,3)19-13(20)9(7-17)8-18-11-6-4-5-10(15)12(11)16/h4-6,8,18H,1-3H3,(H,19,20)/b9-8-. The van der Waals surface area contributed by atoms with E-state index in [-0.39, 0.29) is 5.57 Å². The van der Waals surface area contributed by atoms with Crippen LogP contribution in [0.4, 0.5) is 5.69 Å². The molecular formula is C14H15Cl2N3O. The summed E-state index contributed by atoms with van der Waals surface area (Å²) < 4.78 is 0. The van der Waals surface area contributed by atoms with Crippen molar-refractivity contribution in [2.45, 2.75) is 26.3 Å². The van der Waals surface area contributed by atoms with E-state index in [0.29, 0.717) is 15.7 Å². The Morgan fingerprint density at radius 3 is 2.55 bits per heavy atom. The van der Waals surface area contributed by atoms with Gasteiger partial charge in [0, 0.05) is 11.7 Å². The van der Waals surface area contributed by atoms with E-state index in [1.165, 1.54) is 6.20 Å². The lowest BCUT2D eigenvalue weighted by Crippen LogP contribution is -2.41. The summed E-state index contributed by atoms with van der Waals surface area (Å²) >= 11 is 11.9. The Balaban J connectivity index is 2.89. The van der Waals surface area contributed by atoms with E-state index >= 15 is 0 Å². The van der Waals surface area contributed by atoms with Crippen molar-refractivity contribution < 1.29 is 4.79 Å². The van der Waals surface area contributed by atoms with E-state index in [0.717, 1.165) is 0 Å². The van der Waals surface area contributed by atoms with Crippen molar-refractivity contribution in [3.8, 4) is 6.07 Å². The van der Waals surface area contributed by atoms with Gasteiger partial charge in [0.2, 0.25) is 0 Å². The molecule has 0 atom stereocenters. The van der Waals surface area contributed by atoms with Gasteiger partial charge in [0.1, 0.15) is 11.6 Å². The lowest BCUT2D eigenvalue weighted by molar-refractivity contribution is -0.118. The maximum Gasteiger partial charge on any atom is 0.263 e. The van der Waals surface area contributed by atoms with Crippen molar-refractivity contribution in [2.24, 2.45) is 0 Å². The number of rotatable bonds is 3. The quantitative estimate of drug-likeness (QED) is 0.660. The molecule has 106 valence electrons. The zero-order valence-corrected chi connectivity index (χ0v) is 12.9. The molecule has 0 aliphatic carbocycles. The molecule has 0 bridgehead atoms. The van der Waals surface area contributed by atoms with Crippen molar-refractivity contribution in [3.05, 3.63) is 40.0 Å². The summed E-state index contributed by atoms with van der Waals surface area (Å²) in [5.41, 5.74) is 0.0622. The van der Waals surface area contributed by atoms with Gasteiger partial charge < -0.3 is 10.6 Å². The zero-order chi connectivity index (χ0) is 15.3. The molecule has 0 radical (unpaired) electrons. The Kier molecular flexibility index (Phi) is 5.43. The van der Waals surface area contributed by atoms with Crippen LogP contribution < -0.4 is 10.6 Å². The molecule has 2 N–H and O–H groups in total. The first-order valence-corrected chi connectivity index (χ1v) is 6.63. The molecule has 20 heavy (non-hydrogen) atoms.